The lowest BCUT2D eigenvalue weighted by atomic mass is 9.99. The third kappa shape index (κ3) is 2.25. The molecule has 0 aliphatic carbocycles. The van der Waals surface area contributed by atoms with E-state index in [1.54, 1.807) is 18.2 Å². The second-order valence-electron chi connectivity index (χ2n) is 4.04. The lowest BCUT2D eigenvalue weighted by Gasteiger charge is -2.10. The van der Waals surface area contributed by atoms with Crippen LogP contribution in [-0.4, -0.2) is 13.4 Å². The van der Waals surface area contributed by atoms with Crippen molar-refractivity contribution in [1.82, 2.24) is 0 Å². The summed E-state index contributed by atoms with van der Waals surface area (Å²) in [4.78, 5) is 11.0. The molecule has 0 unspecified atom stereocenters. The van der Waals surface area contributed by atoms with Crippen molar-refractivity contribution >= 4 is 6.29 Å². The largest absolute Gasteiger partial charge is 0.496 e. The smallest absolute Gasteiger partial charge is 0.153 e. The maximum atomic E-state index is 12.9. The quantitative estimate of drug-likeness (QED) is 0.771. The van der Waals surface area contributed by atoms with E-state index in [4.69, 9.17) is 4.74 Å². The highest BCUT2D eigenvalue weighted by atomic mass is 19.1. The number of halogens is 1. The molecule has 2 rings (SSSR count). The van der Waals surface area contributed by atoms with E-state index >= 15 is 0 Å². The number of aryl methyl sites for hydroxylation is 1. The topological polar surface area (TPSA) is 26.3 Å². The zero-order chi connectivity index (χ0) is 13.1. The Kier molecular flexibility index (Phi) is 3.42. The Morgan fingerprint density at radius 2 is 1.78 bits per heavy atom. The van der Waals surface area contributed by atoms with Crippen molar-refractivity contribution in [3.05, 3.63) is 53.3 Å². The molecule has 0 bridgehead atoms. The van der Waals surface area contributed by atoms with Gasteiger partial charge in [-0.1, -0.05) is 12.1 Å². The molecule has 0 saturated carbocycles. The molecule has 0 spiro atoms. The molecule has 0 N–H and O–H groups in total. The number of hydrogen-bond donors (Lipinski definition) is 0. The molecule has 2 aromatic rings. The highest BCUT2D eigenvalue weighted by Gasteiger charge is 2.09. The first kappa shape index (κ1) is 12.3. The van der Waals surface area contributed by atoms with Crippen molar-refractivity contribution in [1.29, 1.82) is 0 Å². The summed E-state index contributed by atoms with van der Waals surface area (Å²) in [7, 11) is 1.53. The van der Waals surface area contributed by atoms with Crippen molar-refractivity contribution < 1.29 is 13.9 Å². The standard InChI is InChI=1S/C15H13FO2/c1-10-7-12(8-13(9-17)15(10)18-2)11-3-5-14(16)6-4-11/h3-9H,1-2H3. The fourth-order valence-electron chi connectivity index (χ4n) is 1.98. The van der Waals surface area contributed by atoms with Gasteiger partial charge in [0.25, 0.3) is 0 Å². The maximum absolute atomic E-state index is 12.9. The van der Waals surface area contributed by atoms with Crippen molar-refractivity contribution in [2.75, 3.05) is 7.11 Å². The van der Waals surface area contributed by atoms with E-state index in [0.717, 1.165) is 23.0 Å². The Bertz CT molecular complexity index is 574. The van der Waals surface area contributed by atoms with E-state index in [2.05, 4.69) is 0 Å². The molecular formula is C15H13FO2. The van der Waals surface area contributed by atoms with Crippen molar-refractivity contribution in [3.8, 4) is 16.9 Å². The lowest BCUT2D eigenvalue weighted by molar-refractivity contribution is 0.112. The molecular weight excluding hydrogens is 231 g/mol. The number of carbonyl (C=O) groups is 1. The average Bonchev–Trinajstić information content (AvgIpc) is 2.38. The summed E-state index contributed by atoms with van der Waals surface area (Å²) in [5.41, 5.74) is 3.11. The molecule has 0 fully saturated rings. The number of hydrogen-bond acceptors (Lipinski definition) is 2. The summed E-state index contributed by atoms with van der Waals surface area (Å²) in [6, 6.07) is 9.83. The van der Waals surface area contributed by atoms with Crippen LogP contribution in [0.5, 0.6) is 5.75 Å². The van der Waals surface area contributed by atoms with Gasteiger partial charge in [-0.2, -0.15) is 0 Å². The first-order valence-corrected chi connectivity index (χ1v) is 5.55. The highest BCUT2D eigenvalue weighted by molar-refractivity contribution is 5.84. The Balaban J connectivity index is 2.55. The number of aldehydes is 1. The molecule has 2 aromatic carbocycles. The van der Waals surface area contributed by atoms with Crippen molar-refractivity contribution in [3.63, 3.8) is 0 Å². The minimum atomic E-state index is -0.278. The zero-order valence-electron chi connectivity index (χ0n) is 10.2. The van der Waals surface area contributed by atoms with Gasteiger partial charge in [0, 0.05) is 0 Å². The van der Waals surface area contributed by atoms with E-state index in [0.29, 0.717) is 11.3 Å². The van der Waals surface area contributed by atoms with Gasteiger partial charge in [-0.3, -0.25) is 4.79 Å². The summed E-state index contributed by atoms with van der Waals surface area (Å²) >= 11 is 0. The highest BCUT2D eigenvalue weighted by Crippen LogP contribution is 2.29. The number of rotatable bonds is 3. The molecule has 0 atom stereocenters. The van der Waals surface area contributed by atoms with Crippen LogP contribution in [0.3, 0.4) is 0 Å². The van der Waals surface area contributed by atoms with Crippen LogP contribution >= 0.6 is 0 Å². The van der Waals surface area contributed by atoms with Crippen LogP contribution in [0.1, 0.15) is 15.9 Å². The number of benzene rings is 2. The number of ether oxygens (including phenoxy) is 1. The van der Waals surface area contributed by atoms with E-state index in [1.807, 2.05) is 13.0 Å². The fraction of sp³-hybridized carbons (Fsp3) is 0.133. The van der Waals surface area contributed by atoms with Crippen LogP contribution in [-0.2, 0) is 0 Å². The first-order valence-electron chi connectivity index (χ1n) is 5.55. The molecule has 2 nitrogen and oxygen atoms in total. The molecule has 0 aliphatic rings. The molecule has 92 valence electrons. The summed E-state index contributed by atoms with van der Waals surface area (Å²) in [5.74, 6) is 0.301. The predicted octanol–water partition coefficient (Wildman–Crippen LogP) is 3.62. The number of methoxy groups -OCH3 is 1. The minimum absolute atomic E-state index is 0.278. The Labute approximate surface area is 105 Å². The average molecular weight is 244 g/mol. The molecule has 3 heteroatoms. The van der Waals surface area contributed by atoms with Gasteiger partial charge in [0.1, 0.15) is 11.6 Å². The molecule has 0 amide bonds. The SMILES string of the molecule is COc1c(C)cc(-c2ccc(F)cc2)cc1C=O. The Morgan fingerprint density at radius 3 is 2.33 bits per heavy atom. The summed E-state index contributed by atoms with van der Waals surface area (Å²) in [6.45, 7) is 1.87. The van der Waals surface area contributed by atoms with Crippen molar-refractivity contribution in [2.24, 2.45) is 0 Å². The third-order valence-electron chi connectivity index (χ3n) is 2.81. The molecule has 0 saturated heterocycles. The number of carbonyl (C=O) groups excluding carboxylic acids is 1. The van der Waals surface area contributed by atoms with E-state index in [-0.39, 0.29) is 5.82 Å². The van der Waals surface area contributed by atoms with Crippen LogP contribution in [0.4, 0.5) is 4.39 Å². The summed E-state index contributed by atoms with van der Waals surface area (Å²) in [6.07, 6.45) is 0.763. The normalized spacial score (nSPS) is 10.2. The molecule has 0 radical (unpaired) electrons. The van der Waals surface area contributed by atoms with E-state index in [1.165, 1.54) is 19.2 Å². The Hall–Kier alpha value is -2.16. The zero-order valence-corrected chi connectivity index (χ0v) is 10.2. The van der Waals surface area contributed by atoms with Gasteiger partial charge >= 0.3 is 0 Å². The monoisotopic (exact) mass is 244 g/mol. The minimum Gasteiger partial charge on any atom is -0.496 e. The fourth-order valence-corrected chi connectivity index (χ4v) is 1.98. The molecule has 0 aromatic heterocycles. The lowest BCUT2D eigenvalue weighted by Crippen LogP contribution is -1.95. The van der Waals surface area contributed by atoms with Gasteiger partial charge in [-0.15, -0.1) is 0 Å². The second-order valence-corrected chi connectivity index (χ2v) is 4.04. The summed E-state index contributed by atoms with van der Waals surface area (Å²) in [5, 5.41) is 0. The second kappa shape index (κ2) is 5.00. The van der Waals surface area contributed by atoms with Crippen LogP contribution in [0.25, 0.3) is 11.1 Å². The van der Waals surface area contributed by atoms with E-state index < -0.39 is 0 Å². The van der Waals surface area contributed by atoms with Gasteiger partial charge < -0.3 is 4.74 Å². The molecule has 18 heavy (non-hydrogen) atoms. The molecule has 0 heterocycles. The van der Waals surface area contributed by atoms with Crippen molar-refractivity contribution in [2.45, 2.75) is 6.92 Å². The van der Waals surface area contributed by atoms with Gasteiger partial charge in [-0.25, -0.2) is 4.39 Å². The van der Waals surface area contributed by atoms with Gasteiger partial charge in [0.15, 0.2) is 6.29 Å². The molecule has 0 aliphatic heterocycles. The van der Waals surface area contributed by atoms with Crippen LogP contribution < -0.4 is 4.74 Å². The summed E-state index contributed by atoms with van der Waals surface area (Å²) < 4.78 is 18.1. The Morgan fingerprint density at radius 1 is 1.11 bits per heavy atom. The van der Waals surface area contributed by atoms with Crippen LogP contribution in [0.2, 0.25) is 0 Å². The van der Waals surface area contributed by atoms with Gasteiger partial charge in [0.2, 0.25) is 0 Å². The van der Waals surface area contributed by atoms with Gasteiger partial charge in [0.05, 0.1) is 12.7 Å². The van der Waals surface area contributed by atoms with Crippen LogP contribution in [0, 0.1) is 12.7 Å². The predicted molar refractivity (Wildman–Crippen MR) is 68.5 cm³/mol. The third-order valence-corrected chi connectivity index (χ3v) is 2.81. The first-order chi connectivity index (χ1) is 8.65. The maximum Gasteiger partial charge on any atom is 0.153 e. The van der Waals surface area contributed by atoms with Crippen LogP contribution in [0.15, 0.2) is 36.4 Å². The van der Waals surface area contributed by atoms with Gasteiger partial charge in [-0.05, 0) is 47.9 Å². The van der Waals surface area contributed by atoms with E-state index in [9.17, 15) is 9.18 Å².